The number of hydrogen-bond donors (Lipinski definition) is 1. The Morgan fingerprint density at radius 2 is 1.85 bits per heavy atom. The Kier molecular flexibility index (Phi) is 3.22. The van der Waals surface area contributed by atoms with Crippen LogP contribution in [0.15, 0.2) is 35.8 Å². The maximum absolute atomic E-state index is 9.46. The summed E-state index contributed by atoms with van der Waals surface area (Å²) in [5.74, 6) is 2.84. The Hall–Kier alpha value is -1.65. The van der Waals surface area contributed by atoms with Crippen molar-refractivity contribution < 1.29 is 5.11 Å². The molecule has 0 saturated heterocycles. The van der Waals surface area contributed by atoms with Crippen LogP contribution in [0.3, 0.4) is 0 Å². The average Bonchev–Trinajstić information content (AvgIpc) is 3.21. The van der Waals surface area contributed by atoms with Crippen LogP contribution in [-0.4, -0.2) is 14.5 Å². The molecule has 2 heterocycles. The second kappa shape index (κ2) is 5.43. The SMILES string of the molecule is OCc1cccc(-c2csc3nc(C45CC6CC(CC(C6)C4)C5)cn23)c1. The molecule has 4 fully saturated rings. The summed E-state index contributed by atoms with van der Waals surface area (Å²) < 4.78 is 2.29. The second-order valence-electron chi connectivity index (χ2n) is 8.96. The molecule has 3 nitrogen and oxygen atoms in total. The van der Waals surface area contributed by atoms with Crippen molar-refractivity contribution in [3.05, 3.63) is 47.1 Å². The van der Waals surface area contributed by atoms with E-state index in [1.807, 2.05) is 12.1 Å². The lowest BCUT2D eigenvalue weighted by atomic mass is 9.49. The Labute approximate surface area is 157 Å². The summed E-state index contributed by atoms with van der Waals surface area (Å²) in [4.78, 5) is 6.23. The van der Waals surface area contributed by atoms with Crippen LogP contribution < -0.4 is 0 Å². The number of aliphatic hydroxyl groups is 1. The summed E-state index contributed by atoms with van der Waals surface area (Å²) in [7, 11) is 0. The van der Waals surface area contributed by atoms with E-state index in [0.29, 0.717) is 5.41 Å². The van der Waals surface area contributed by atoms with Gasteiger partial charge >= 0.3 is 0 Å². The summed E-state index contributed by atoms with van der Waals surface area (Å²) in [5, 5.41) is 11.7. The van der Waals surface area contributed by atoms with Crippen molar-refractivity contribution in [2.75, 3.05) is 0 Å². The van der Waals surface area contributed by atoms with Gasteiger partial charge in [0, 0.05) is 17.0 Å². The second-order valence-corrected chi connectivity index (χ2v) is 9.79. The van der Waals surface area contributed by atoms with Crippen molar-refractivity contribution in [2.24, 2.45) is 17.8 Å². The Balaban J connectivity index is 1.44. The van der Waals surface area contributed by atoms with Gasteiger partial charge in [0.15, 0.2) is 4.96 Å². The minimum absolute atomic E-state index is 0.0869. The van der Waals surface area contributed by atoms with Gasteiger partial charge in [0.2, 0.25) is 0 Å². The first-order valence-electron chi connectivity index (χ1n) is 9.90. The molecule has 134 valence electrons. The van der Waals surface area contributed by atoms with Crippen LogP contribution in [0.25, 0.3) is 16.2 Å². The van der Waals surface area contributed by atoms with Gasteiger partial charge in [0.1, 0.15) is 0 Å². The summed E-state index contributed by atoms with van der Waals surface area (Å²) in [6, 6.07) is 8.22. The Bertz CT molecular complexity index is 950. The third-order valence-electron chi connectivity index (χ3n) is 7.20. The zero-order chi connectivity index (χ0) is 17.3. The van der Waals surface area contributed by atoms with E-state index in [2.05, 4.69) is 28.1 Å². The molecular formula is C22H24N2OS. The van der Waals surface area contributed by atoms with Crippen LogP contribution in [0.4, 0.5) is 0 Å². The number of aliphatic hydroxyl groups excluding tert-OH is 1. The van der Waals surface area contributed by atoms with E-state index in [0.717, 1.165) is 33.8 Å². The summed E-state index contributed by atoms with van der Waals surface area (Å²) in [5.41, 5.74) is 5.03. The molecule has 4 aliphatic rings. The Morgan fingerprint density at radius 3 is 2.54 bits per heavy atom. The molecule has 1 N–H and O–H groups in total. The fourth-order valence-electron chi connectivity index (χ4n) is 6.50. The molecule has 0 amide bonds. The molecule has 4 heteroatoms. The average molecular weight is 365 g/mol. The molecule has 0 radical (unpaired) electrons. The highest BCUT2D eigenvalue weighted by Gasteiger charge is 2.52. The van der Waals surface area contributed by atoms with Gasteiger partial charge in [-0.2, -0.15) is 0 Å². The molecule has 2 aromatic heterocycles. The number of imidazole rings is 1. The summed E-state index contributed by atoms with van der Waals surface area (Å²) in [6.45, 7) is 0.0869. The molecule has 0 aliphatic heterocycles. The maximum atomic E-state index is 9.46. The third-order valence-corrected chi connectivity index (χ3v) is 8.04. The molecule has 0 unspecified atom stereocenters. The van der Waals surface area contributed by atoms with Crippen molar-refractivity contribution in [1.82, 2.24) is 9.38 Å². The molecular weight excluding hydrogens is 340 g/mol. The zero-order valence-electron chi connectivity index (χ0n) is 14.9. The van der Waals surface area contributed by atoms with E-state index in [1.54, 1.807) is 11.3 Å². The number of nitrogens with zero attached hydrogens (tertiary/aromatic N) is 2. The van der Waals surface area contributed by atoms with Crippen LogP contribution in [0, 0.1) is 17.8 Å². The van der Waals surface area contributed by atoms with Crippen molar-refractivity contribution in [3.8, 4) is 11.3 Å². The molecule has 1 aromatic carbocycles. The first kappa shape index (κ1) is 15.4. The lowest BCUT2D eigenvalue weighted by molar-refractivity contribution is -0.00696. The highest BCUT2D eigenvalue weighted by atomic mass is 32.1. The van der Waals surface area contributed by atoms with Gasteiger partial charge in [0.25, 0.3) is 0 Å². The number of hydrogen-bond acceptors (Lipinski definition) is 3. The highest BCUT2D eigenvalue weighted by molar-refractivity contribution is 7.15. The molecule has 4 bridgehead atoms. The monoisotopic (exact) mass is 364 g/mol. The quantitative estimate of drug-likeness (QED) is 0.708. The van der Waals surface area contributed by atoms with Crippen LogP contribution in [0.5, 0.6) is 0 Å². The summed E-state index contributed by atoms with van der Waals surface area (Å²) >= 11 is 1.74. The van der Waals surface area contributed by atoms with Gasteiger partial charge in [0.05, 0.1) is 18.0 Å². The van der Waals surface area contributed by atoms with Gasteiger partial charge < -0.3 is 5.11 Å². The first-order valence-corrected chi connectivity index (χ1v) is 10.8. The predicted octanol–water partition coefficient (Wildman–Crippen LogP) is 5.02. The largest absolute Gasteiger partial charge is 0.392 e. The van der Waals surface area contributed by atoms with Gasteiger partial charge in [-0.05, 0) is 73.5 Å². The van der Waals surface area contributed by atoms with Crippen LogP contribution in [0.1, 0.15) is 49.8 Å². The molecule has 26 heavy (non-hydrogen) atoms. The number of rotatable bonds is 3. The van der Waals surface area contributed by atoms with E-state index < -0.39 is 0 Å². The van der Waals surface area contributed by atoms with Crippen molar-refractivity contribution in [3.63, 3.8) is 0 Å². The van der Waals surface area contributed by atoms with Crippen LogP contribution >= 0.6 is 11.3 Å². The van der Waals surface area contributed by atoms with E-state index in [-0.39, 0.29) is 6.61 Å². The molecule has 0 spiro atoms. The topological polar surface area (TPSA) is 37.5 Å². The number of fused-ring (bicyclic) bond motifs is 1. The first-order chi connectivity index (χ1) is 12.7. The molecule has 4 saturated carbocycles. The number of aromatic nitrogens is 2. The van der Waals surface area contributed by atoms with E-state index in [4.69, 9.17) is 4.98 Å². The molecule has 4 aliphatic carbocycles. The van der Waals surface area contributed by atoms with Gasteiger partial charge in [-0.15, -0.1) is 11.3 Å². The normalized spacial score (nSPS) is 32.6. The predicted molar refractivity (Wildman–Crippen MR) is 104 cm³/mol. The minimum Gasteiger partial charge on any atom is -0.392 e. The molecule has 0 atom stereocenters. The lowest BCUT2D eigenvalue weighted by Crippen LogP contribution is -2.48. The number of thiazole rings is 1. The van der Waals surface area contributed by atoms with Crippen molar-refractivity contribution in [2.45, 2.75) is 50.5 Å². The smallest absolute Gasteiger partial charge is 0.194 e. The zero-order valence-corrected chi connectivity index (χ0v) is 15.7. The fraction of sp³-hybridized carbons (Fsp3) is 0.500. The fourth-order valence-corrected chi connectivity index (χ4v) is 7.38. The van der Waals surface area contributed by atoms with E-state index >= 15 is 0 Å². The summed E-state index contributed by atoms with van der Waals surface area (Å²) in [6.07, 6.45) is 10.8. The highest BCUT2D eigenvalue weighted by Crippen LogP contribution is 2.60. The van der Waals surface area contributed by atoms with Crippen molar-refractivity contribution >= 4 is 16.3 Å². The van der Waals surface area contributed by atoms with Crippen LogP contribution in [0.2, 0.25) is 0 Å². The van der Waals surface area contributed by atoms with E-state index in [9.17, 15) is 5.11 Å². The van der Waals surface area contributed by atoms with Crippen LogP contribution in [-0.2, 0) is 12.0 Å². The third kappa shape index (κ3) is 2.18. The Morgan fingerprint density at radius 1 is 1.12 bits per heavy atom. The van der Waals surface area contributed by atoms with Gasteiger partial charge in [-0.3, -0.25) is 4.40 Å². The maximum Gasteiger partial charge on any atom is 0.194 e. The lowest BCUT2D eigenvalue weighted by Gasteiger charge is -2.56. The minimum atomic E-state index is 0.0869. The van der Waals surface area contributed by atoms with Gasteiger partial charge in [-0.1, -0.05) is 18.2 Å². The van der Waals surface area contributed by atoms with Crippen molar-refractivity contribution in [1.29, 1.82) is 0 Å². The molecule has 3 aromatic rings. The standard InChI is InChI=1S/C22H24N2OS/c25-12-14-2-1-3-18(7-14)19-13-26-21-23-20(11-24(19)21)22-8-15-4-16(9-22)6-17(5-15)10-22/h1-3,7,11,13,15-17,25H,4-6,8-10,12H2. The van der Waals surface area contributed by atoms with E-state index in [1.165, 1.54) is 49.9 Å². The number of benzene rings is 1. The molecule has 7 rings (SSSR count). The van der Waals surface area contributed by atoms with Gasteiger partial charge in [-0.25, -0.2) is 4.98 Å².